The monoisotopic (exact) mass is 345 g/mol. The van der Waals surface area contributed by atoms with Crippen LogP contribution in [-0.2, 0) is 13.6 Å². The third-order valence-corrected chi connectivity index (χ3v) is 5.14. The number of imidazole rings is 2. The van der Waals surface area contributed by atoms with Crippen LogP contribution in [0, 0.1) is 19.8 Å². The Kier molecular flexibility index (Phi) is 4.13. The van der Waals surface area contributed by atoms with Gasteiger partial charge in [0.25, 0.3) is 5.56 Å². The van der Waals surface area contributed by atoms with E-state index in [0.29, 0.717) is 17.7 Å². The molecule has 3 rings (SSSR count). The molecule has 0 bridgehead atoms. The van der Waals surface area contributed by atoms with Gasteiger partial charge in [-0.2, -0.15) is 4.98 Å². The van der Waals surface area contributed by atoms with Crippen molar-refractivity contribution < 1.29 is 0 Å². The van der Waals surface area contributed by atoms with Crippen LogP contribution >= 0.6 is 0 Å². The number of hydrogen-bond donors (Lipinski definition) is 0. The maximum Gasteiger partial charge on any atom is 0.332 e. The lowest BCUT2D eigenvalue weighted by molar-refractivity contribution is 0.484. The molecule has 1 atom stereocenters. The van der Waals surface area contributed by atoms with Gasteiger partial charge >= 0.3 is 5.69 Å². The van der Waals surface area contributed by atoms with Crippen molar-refractivity contribution in [2.75, 3.05) is 0 Å². The number of fused-ring (bicyclic) bond motifs is 3. The summed E-state index contributed by atoms with van der Waals surface area (Å²) in [5, 5.41) is 0. The maximum absolute atomic E-state index is 13.1. The van der Waals surface area contributed by atoms with Crippen molar-refractivity contribution in [3.63, 3.8) is 0 Å². The molecule has 7 heteroatoms. The SMILES string of the molecule is CCC(C)n1c(C)c(C)n2c3c(=O)n(CC(C)C)c(=O)n(C)c3nc12. The normalized spacial score (nSPS) is 13.4. The van der Waals surface area contributed by atoms with Gasteiger partial charge in [-0.3, -0.25) is 18.3 Å². The van der Waals surface area contributed by atoms with E-state index in [1.807, 2.05) is 25.2 Å². The van der Waals surface area contributed by atoms with Crippen molar-refractivity contribution >= 4 is 16.9 Å². The molecule has 0 spiro atoms. The molecule has 3 aromatic heterocycles. The topological polar surface area (TPSA) is 66.2 Å². The second-order valence-electron chi connectivity index (χ2n) is 7.37. The Bertz CT molecular complexity index is 1080. The summed E-state index contributed by atoms with van der Waals surface area (Å²) in [6.07, 6.45) is 0.963. The van der Waals surface area contributed by atoms with Crippen LogP contribution in [0.1, 0.15) is 51.5 Å². The first-order valence-electron chi connectivity index (χ1n) is 8.90. The minimum Gasteiger partial charge on any atom is -0.311 e. The predicted molar refractivity (Wildman–Crippen MR) is 99.5 cm³/mol. The van der Waals surface area contributed by atoms with Crippen LogP contribution in [0.15, 0.2) is 9.59 Å². The molecule has 0 aliphatic rings. The fraction of sp³-hybridized carbons (Fsp3) is 0.611. The van der Waals surface area contributed by atoms with Gasteiger partial charge in [-0.05, 0) is 33.1 Å². The van der Waals surface area contributed by atoms with Crippen molar-refractivity contribution in [3.05, 3.63) is 32.2 Å². The first-order chi connectivity index (χ1) is 11.7. The molecule has 3 heterocycles. The third-order valence-electron chi connectivity index (χ3n) is 5.14. The molecule has 0 aromatic carbocycles. The number of rotatable bonds is 4. The van der Waals surface area contributed by atoms with Crippen molar-refractivity contribution in [1.29, 1.82) is 0 Å². The van der Waals surface area contributed by atoms with Crippen LogP contribution < -0.4 is 11.2 Å². The Hall–Kier alpha value is -2.31. The summed E-state index contributed by atoms with van der Waals surface area (Å²) in [6, 6.07) is 0.267. The van der Waals surface area contributed by atoms with E-state index in [0.717, 1.165) is 23.6 Å². The molecule has 0 N–H and O–H groups in total. The highest BCUT2D eigenvalue weighted by Gasteiger charge is 2.24. The van der Waals surface area contributed by atoms with Crippen LogP contribution in [0.2, 0.25) is 0 Å². The van der Waals surface area contributed by atoms with E-state index in [1.54, 1.807) is 7.05 Å². The zero-order valence-electron chi connectivity index (χ0n) is 16.1. The van der Waals surface area contributed by atoms with E-state index < -0.39 is 0 Å². The molecule has 3 aromatic rings. The van der Waals surface area contributed by atoms with E-state index in [1.165, 1.54) is 9.13 Å². The highest BCUT2D eigenvalue weighted by Crippen LogP contribution is 2.25. The second kappa shape index (κ2) is 5.89. The summed E-state index contributed by atoms with van der Waals surface area (Å²) in [5.74, 6) is 0.938. The number of nitrogens with zero attached hydrogens (tertiary/aromatic N) is 5. The lowest BCUT2D eigenvalue weighted by atomic mass is 10.2. The van der Waals surface area contributed by atoms with Crippen molar-refractivity contribution in [3.8, 4) is 0 Å². The molecule has 136 valence electrons. The Morgan fingerprint density at radius 1 is 1.08 bits per heavy atom. The molecular formula is C18H27N5O2. The molecule has 1 unspecified atom stereocenters. The van der Waals surface area contributed by atoms with Gasteiger partial charge in [-0.25, -0.2) is 4.79 Å². The summed E-state index contributed by atoms with van der Waals surface area (Å²) >= 11 is 0. The van der Waals surface area contributed by atoms with Crippen molar-refractivity contribution in [1.82, 2.24) is 23.1 Å². The highest BCUT2D eigenvalue weighted by atomic mass is 16.2. The zero-order valence-corrected chi connectivity index (χ0v) is 16.1. The van der Waals surface area contributed by atoms with Gasteiger partial charge in [0.15, 0.2) is 11.2 Å². The maximum atomic E-state index is 13.1. The average molecular weight is 345 g/mol. The zero-order chi connectivity index (χ0) is 18.6. The van der Waals surface area contributed by atoms with Gasteiger partial charge in [0.1, 0.15) is 0 Å². The van der Waals surface area contributed by atoms with Crippen LogP contribution in [0.3, 0.4) is 0 Å². The van der Waals surface area contributed by atoms with Gasteiger partial charge in [0.2, 0.25) is 5.78 Å². The second-order valence-corrected chi connectivity index (χ2v) is 7.37. The fourth-order valence-corrected chi connectivity index (χ4v) is 3.51. The lowest BCUT2D eigenvalue weighted by Gasteiger charge is -2.13. The first kappa shape index (κ1) is 17.5. The molecule has 0 aliphatic carbocycles. The number of aromatic nitrogens is 5. The van der Waals surface area contributed by atoms with Gasteiger partial charge in [-0.1, -0.05) is 20.8 Å². The summed E-state index contributed by atoms with van der Waals surface area (Å²) in [5.41, 5.74) is 2.46. The summed E-state index contributed by atoms with van der Waals surface area (Å²) < 4.78 is 6.89. The molecular weight excluding hydrogens is 318 g/mol. The largest absolute Gasteiger partial charge is 0.332 e. The van der Waals surface area contributed by atoms with E-state index in [-0.39, 0.29) is 23.2 Å². The van der Waals surface area contributed by atoms with Crippen molar-refractivity contribution in [2.24, 2.45) is 13.0 Å². The van der Waals surface area contributed by atoms with Crippen LogP contribution in [0.5, 0.6) is 0 Å². The van der Waals surface area contributed by atoms with Gasteiger partial charge in [0, 0.05) is 31.0 Å². The lowest BCUT2D eigenvalue weighted by Crippen LogP contribution is -2.40. The third kappa shape index (κ3) is 2.36. The minimum absolute atomic E-state index is 0.207. The van der Waals surface area contributed by atoms with E-state index >= 15 is 0 Å². The minimum atomic E-state index is -0.309. The number of aryl methyl sites for hydroxylation is 2. The Balaban J connectivity index is 2.53. The molecule has 0 amide bonds. The molecule has 0 radical (unpaired) electrons. The van der Waals surface area contributed by atoms with E-state index in [4.69, 9.17) is 0 Å². The quantitative estimate of drug-likeness (QED) is 0.729. The molecule has 0 aliphatic heterocycles. The standard InChI is InChI=1S/C18H27N5O2/c1-8-11(4)22-12(5)13(6)23-14-15(19-17(22)23)20(7)18(25)21(16(14)24)9-10(2)3/h10-11H,8-9H2,1-7H3. The first-order valence-corrected chi connectivity index (χ1v) is 8.90. The van der Waals surface area contributed by atoms with Crippen LogP contribution in [0.4, 0.5) is 0 Å². The fourth-order valence-electron chi connectivity index (χ4n) is 3.51. The molecule has 0 saturated heterocycles. The number of hydrogen-bond acceptors (Lipinski definition) is 3. The van der Waals surface area contributed by atoms with Gasteiger partial charge in [0.05, 0.1) is 0 Å². The summed E-state index contributed by atoms with van der Waals surface area (Å²) in [6.45, 7) is 12.7. The average Bonchev–Trinajstić information content (AvgIpc) is 3.05. The molecule has 7 nitrogen and oxygen atoms in total. The van der Waals surface area contributed by atoms with E-state index in [9.17, 15) is 9.59 Å². The predicted octanol–water partition coefficient (Wildman–Crippen LogP) is 2.39. The van der Waals surface area contributed by atoms with Gasteiger partial charge < -0.3 is 4.57 Å². The summed E-state index contributed by atoms with van der Waals surface area (Å²) in [7, 11) is 1.68. The van der Waals surface area contributed by atoms with Gasteiger partial charge in [-0.15, -0.1) is 0 Å². The molecule has 0 saturated carbocycles. The molecule has 25 heavy (non-hydrogen) atoms. The Morgan fingerprint density at radius 2 is 1.72 bits per heavy atom. The summed E-state index contributed by atoms with van der Waals surface area (Å²) in [4.78, 5) is 30.4. The smallest absolute Gasteiger partial charge is 0.311 e. The van der Waals surface area contributed by atoms with Crippen LogP contribution in [-0.4, -0.2) is 23.1 Å². The Morgan fingerprint density at radius 3 is 2.28 bits per heavy atom. The van der Waals surface area contributed by atoms with Crippen LogP contribution in [0.25, 0.3) is 16.9 Å². The van der Waals surface area contributed by atoms with Crippen molar-refractivity contribution in [2.45, 2.75) is 60.5 Å². The Labute approximate surface area is 146 Å². The molecule has 0 fully saturated rings. The highest BCUT2D eigenvalue weighted by molar-refractivity contribution is 5.76. The van der Waals surface area contributed by atoms with E-state index in [2.05, 4.69) is 30.3 Å².